The molecule has 0 aliphatic carbocycles. The summed E-state index contributed by atoms with van der Waals surface area (Å²) in [7, 11) is 3.60. The van der Waals surface area contributed by atoms with Crippen LogP contribution in [0.25, 0.3) is 11.0 Å². The van der Waals surface area contributed by atoms with Crippen molar-refractivity contribution in [3.8, 4) is 0 Å². The highest BCUT2D eigenvalue weighted by Crippen LogP contribution is 2.36. The van der Waals surface area contributed by atoms with Gasteiger partial charge in [-0.1, -0.05) is 23.5 Å². The molecule has 0 spiro atoms. The summed E-state index contributed by atoms with van der Waals surface area (Å²) in [5.74, 6) is 0.771. The van der Waals surface area contributed by atoms with Crippen molar-refractivity contribution in [3.05, 3.63) is 41.2 Å². The number of fused-ring (bicyclic) bond motifs is 1. The zero-order valence-electron chi connectivity index (χ0n) is 11.9. The van der Waals surface area contributed by atoms with Crippen molar-refractivity contribution in [2.45, 2.75) is 12.7 Å². The first-order valence-corrected chi connectivity index (χ1v) is 7.32. The molecule has 4 nitrogen and oxygen atoms in total. The second-order valence-electron chi connectivity index (χ2n) is 4.94. The van der Waals surface area contributed by atoms with E-state index < -0.39 is 11.1 Å². The number of halogens is 3. The predicted molar refractivity (Wildman–Crippen MR) is 79.9 cm³/mol. The van der Waals surface area contributed by atoms with Crippen molar-refractivity contribution in [2.75, 3.05) is 11.9 Å². The molecule has 0 bridgehead atoms. The Labute approximate surface area is 128 Å². The topological polar surface area (TPSA) is 34.0 Å². The van der Waals surface area contributed by atoms with Crippen molar-refractivity contribution < 1.29 is 13.2 Å². The molecule has 0 atom stereocenters. The normalized spacial score (nSPS) is 12.0. The average molecular weight is 326 g/mol. The van der Waals surface area contributed by atoms with Gasteiger partial charge in [0.1, 0.15) is 10.7 Å². The summed E-state index contributed by atoms with van der Waals surface area (Å²) < 4.78 is 39.8. The predicted octanol–water partition coefficient (Wildman–Crippen LogP) is 3.69. The third-order valence-electron chi connectivity index (χ3n) is 3.36. The standard InChI is InChI=1S/C14H13F3N4S/c1-20(13-18-7-11(22-13)14(15,16)17)8-12-19-9-5-3-4-6-10(9)21(12)2/h3-7H,8H2,1-2H3. The van der Waals surface area contributed by atoms with Crippen molar-refractivity contribution in [2.24, 2.45) is 7.05 Å². The van der Waals surface area contributed by atoms with Gasteiger partial charge < -0.3 is 9.47 Å². The number of alkyl halides is 3. The lowest BCUT2D eigenvalue weighted by atomic mass is 10.3. The molecule has 2 aromatic heterocycles. The zero-order chi connectivity index (χ0) is 15.9. The molecule has 0 saturated carbocycles. The first-order chi connectivity index (χ1) is 10.4. The summed E-state index contributed by atoms with van der Waals surface area (Å²) in [5.41, 5.74) is 1.85. The zero-order valence-corrected chi connectivity index (χ0v) is 12.7. The molecule has 22 heavy (non-hydrogen) atoms. The molecule has 1 aromatic carbocycles. The van der Waals surface area contributed by atoms with Gasteiger partial charge in [-0.2, -0.15) is 13.2 Å². The molecule has 0 aliphatic rings. The fraction of sp³-hybridized carbons (Fsp3) is 0.286. The van der Waals surface area contributed by atoms with Gasteiger partial charge in [0.15, 0.2) is 5.13 Å². The summed E-state index contributed by atoms with van der Waals surface area (Å²) in [6.45, 7) is 0.385. The Morgan fingerprint density at radius 1 is 1.27 bits per heavy atom. The van der Waals surface area contributed by atoms with Crippen LogP contribution in [0.1, 0.15) is 10.7 Å². The number of nitrogens with zero attached hydrogens (tertiary/aromatic N) is 4. The summed E-state index contributed by atoms with van der Waals surface area (Å²) >= 11 is 0.633. The van der Waals surface area contributed by atoms with Gasteiger partial charge in [-0.3, -0.25) is 0 Å². The van der Waals surface area contributed by atoms with Crippen LogP contribution in [-0.2, 0) is 19.8 Å². The highest BCUT2D eigenvalue weighted by atomic mass is 32.1. The number of aromatic nitrogens is 3. The smallest absolute Gasteiger partial charge is 0.344 e. The minimum atomic E-state index is -4.35. The van der Waals surface area contributed by atoms with Crippen molar-refractivity contribution >= 4 is 27.5 Å². The van der Waals surface area contributed by atoms with E-state index >= 15 is 0 Å². The van der Waals surface area contributed by atoms with Crippen LogP contribution in [0.4, 0.5) is 18.3 Å². The number of thiazole rings is 1. The molecule has 0 fully saturated rings. The van der Waals surface area contributed by atoms with Crippen molar-refractivity contribution in [1.82, 2.24) is 14.5 Å². The third-order valence-corrected chi connectivity index (χ3v) is 4.51. The highest BCUT2D eigenvalue weighted by molar-refractivity contribution is 7.15. The lowest BCUT2D eigenvalue weighted by Crippen LogP contribution is -2.18. The second-order valence-corrected chi connectivity index (χ2v) is 5.95. The van der Waals surface area contributed by atoms with E-state index in [2.05, 4.69) is 9.97 Å². The third kappa shape index (κ3) is 2.66. The molecule has 3 rings (SSSR count). The van der Waals surface area contributed by atoms with Gasteiger partial charge >= 0.3 is 6.18 Å². The number of imidazole rings is 1. The molecule has 0 aliphatic heterocycles. The van der Waals surface area contributed by atoms with Gasteiger partial charge in [0.2, 0.25) is 0 Å². The Balaban J connectivity index is 1.85. The van der Waals surface area contributed by atoms with Crippen LogP contribution in [0.3, 0.4) is 0 Å². The van der Waals surface area contributed by atoms with Crippen LogP contribution >= 0.6 is 11.3 Å². The second kappa shape index (κ2) is 5.28. The van der Waals surface area contributed by atoms with Crippen LogP contribution in [0.5, 0.6) is 0 Å². The van der Waals surface area contributed by atoms with E-state index in [1.165, 1.54) is 0 Å². The summed E-state index contributed by atoms with van der Waals surface area (Å²) in [5, 5.41) is 0.319. The Morgan fingerprint density at radius 2 is 2.00 bits per heavy atom. The summed E-state index contributed by atoms with van der Waals surface area (Å²) in [6.07, 6.45) is -3.49. The number of rotatable bonds is 3. The monoisotopic (exact) mass is 326 g/mol. The van der Waals surface area contributed by atoms with E-state index in [-0.39, 0.29) is 0 Å². The molecule has 0 radical (unpaired) electrons. The van der Waals surface area contributed by atoms with Gasteiger partial charge in [-0.25, -0.2) is 9.97 Å². The maximum atomic E-state index is 12.6. The Kier molecular flexibility index (Phi) is 3.56. The lowest BCUT2D eigenvalue weighted by Gasteiger charge is -2.15. The maximum absolute atomic E-state index is 12.6. The van der Waals surface area contributed by atoms with Gasteiger partial charge in [0.05, 0.1) is 23.8 Å². The van der Waals surface area contributed by atoms with Gasteiger partial charge in [0, 0.05) is 14.1 Å². The van der Waals surface area contributed by atoms with Crippen molar-refractivity contribution in [3.63, 3.8) is 0 Å². The Hall–Kier alpha value is -2.09. The van der Waals surface area contributed by atoms with Gasteiger partial charge in [0.25, 0.3) is 0 Å². The molecule has 0 unspecified atom stereocenters. The highest BCUT2D eigenvalue weighted by Gasteiger charge is 2.33. The lowest BCUT2D eigenvalue weighted by molar-refractivity contribution is -0.134. The van der Waals surface area contributed by atoms with Gasteiger partial charge in [-0.15, -0.1) is 0 Å². The number of aryl methyl sites for hydroxylation is 1. The Morgan fingerprint density at radius 3 is 2.64 bits per heavy atom. The molecular weight excluding hydrogens is 313 g/mol. The van der Waals surface area contributed by atoms with Crippen LogP contribution in [0.15, 0.2) is 30.5 Å². The fourth-order valence-electron chi connectivity index (χ4n) is 2.19. The minimum Gasteiger partial charge on any atom is -0.344 e. The van der Waals surface area contributed by atoms with E-state index in [0.717, 1.165) is 23.1 Å². The van der Waals surface area contributed by atoms with E-state index in [1.54, 1.807) is 11.9 Å². The number of hydrogen-bond donors (Lipinski definition) is 0. The van der Waals surface area contributed by atoms with E-state index in [1.807, 2.05) is 35.9 Å². The van der Waals surface area contributed by atoms with E-state index in [4.69, 9.17) is 0 Å². The van der Waals surface area contributed by atoms with E-state index in [0.29, 0.717) is 23.0 Å². The summed E-state index contributed by atoms with van der Waals surface area (Å²) in [6, 6.07) is 7.69. The maximum Gasteiger partial charge on any atom is 0.427 e. The minimum absolute atomic E-state index is 0.319. The largest absolute Gasteiger partial charge is 0.427 e. The average Bonchev–Trinajstić information content (AvgIpc) is 3.05. The molecule has 8 heteroatoms. The first kappa shape index (κ1) is 14.8. The van der Waals surface area contributed by atoms with Crippen LogP contribution in [0.2, 0.25) is 0 Å². The van der Waals surface area contributed by atoms with E-state index in [9.17, 15) is 13.2 Å². The molecule has 0 amide bonds. The molecular formula is C14H13F3N4S. The number of anilines is 1. The quantitative estimate of drug-likeness (QED) is 0.736. The van der Waals surface area contributed by atoms with Crippen LogP contribution in [-0.4, -0.2) is 21.6 Å². The van der Waals surface area contributed by atoms with Crippen molar-refractivity contribution in [1.29, 1.82) is 0 Å². The van der Waals surface area contributed by atoms with Crippen LogP contribution in [0, 0.1) is 0 Å². The molecule has 0 N–H and O–H groups in total. The molecule has 116 valence electrons. The molecule has 0 saturated heterocycles. The fourth-order valence-corrected chi connectivity index (χ4v) is 2.93. The SMILES string of the molecule is CN(Cc1nc2ccccc2n1C)c1ncc(C(F)(F)F)s1. The van der Waals surface area contributed by atoms with Crippen LogP contribution < -0.4 is 4.90 Å². The number of para-hydroxylation sites is 2. The molecule has 2 heterocycles. The number of hydrogen-bond acceptors (Lipinski definition) is 4. The van der Waals surface area contributed by atoms with Gasteiger partial charge in [-0.05, 0) is 12.1 Å². The Bertz CT molecular complexity index is 806. The number of benzene rings is 1. The molecule has 3 aromatic rings. The summed E-state index contributed by atoms with van der Waals surface area (Å²) in [4.78, 5) is 9.33. The first-order valence-electron chi connectivity index (χ1n) is 6.51.